The molecule has 1 aliphatic heterocycles. The van der Waals surface area contributed by atoms with E-state index in [1.165, 1.54) is 45.0 Å². The third-order valence-corrected chi connectivity index (χ3v) is 9.43. The van der Waals surface area contributed by atoms with Gasteiger partial charge in [0, 0.05) is 19.4 Å². The number of hydrogen-bond donors (Lipinski definition) is 13. The lowest BCUT2D eigenvalue weighted by Crippen LogP contribution is -2.63. The van der Waals surface area contributed by atoms with E-state index in [-0.39, 0.29) is 18.6 Å². The molecule has 2 aromatic carbocycles. The highest BCUT2D eigenvalue weighted by molar-refractivity contribution is 5.98. The van der Waals surface area contributed by atoms with Crippen molar-refractivity contribution in [1.29, 1.82) is 0 Å². The number of nitrogens with two attached hydrogens (primary N) is 2. The lowest BCUT2D eigenvalue weighted by Gasteiger charge is -2.29. The molecule has 1 fully saturated rings. The smallest absolute Gasteiger partial charge is 0.245 e. The average Bonchev–Trinajstić information content (AvgIpc) is 3.21. The fraction of sp³-hybridized carbons (Fsp3) is 0.462. The number of phenols is 1. The van der Waals surface area contributed by atoms with Crippen LogP contribution in [0.5, 0.6) is 5.75 Å². The first kappa shape index (κ1) is 48.7. The van der Waals surface area contributed by atoms with E-state index in [0.29, 0.717) is 11.1 Å². The fourth-order valence-corrected chi connectivity index (χ4v) is 5.92. The van der Waals surface area contributed by atoms with Crippen molar-refractivity contribution in [3.05, 3.63) is 65.7 Å². The Labute approximate surface area is 350 Å². The van der Waals surface area contributed by atoms with E-state index in [0.717, 1.165) is 0 Å². The van der Waals surface area contributed by atoms with Crippen molar-refractivity contribution in [3.8, 4) is 5.75 Å². The van der Waals surface area contributed by atoms with Crippen LogP contribution in [0, 0.1) is 5.92 Å². The van der Waals surface area contributed by atoms with Gasteiger partial charge in [0.25, 0.3) is 0 Å². The third kappa shape index (κ3) is 15.2. The van der Waals surface area contributed by atoms with Gasteiger partial charge in [-0.3, -0.25) is 43.2 Å². The quantitative estimate of drug-likeness (QED) is 0.0797. The summed E-state index contributed by atoms with van der Waals surface area (Å²) >= 11 is 0. The summed E-state index contributed by atoms with van der Waals surface area (Å²) in [7, 11) is 0. The lowest BCUT2D eigenvalue weighted by molar-refractivity contribution is -0.137. The molecule has 15 N–H and O–H groups in total. The molecule has 0 aromatic heterocycles. The molecule has 0 spiro atoms. The van der Waals surface area contributed by atoms with Crippen LogP contribution in [0.3, 0.4) is 0 Å². The van der Waals surface area contributed by atoms with Crippen LogP contribution < -0.4 is 54.0 Å². The summed E-state index contributed by atoms with van der Waals surface area (Å²) in [6.45, 7) is 1.82. The first-order chi connectivity index (χ1) is 28.8. The maximum absolute atomic E-state index is 14.0. The second-order valence-corrected chi connectivity index (χ2v) is 14.7. The average molecular weight is 855 g/mol. The van der Waals surface area contributed by atoms with Gasteiger partial charge < -0.3 is 69.3 Å². The van der Waals surface area contributed by atoms with Crippen molar-refractivity contribution < 1.29 is 58.5 Å². The fourth-order valence-electron chi connectivity index (χ4n) is 5.92. The summed E-state index contributed by atoms with van der Waals surface area (Å²) in [6, 6.07) is 2.42. The summed E-state index contributed by atoms with van der Waals surface area (Å²) in [5, 5.41) is 49.1. The minimum Gasteiger partial charge on any atom is -0.508 e. The largest absolute Gasteiger partial charge is 0.508 e. The van der Waals surface area contributed by atoms with Gasteiger partial charge in [0.1, 0.15) is 48.0 Å². The molecule has 2 aromatic rings. The molecular weight excluding hydrogens is 800 g/mol. The molecular formula is C39H54N10O12. The van der Waals surface area contributed by atoms with Gasteiger partial charge in [0.05, 0.1) is 25.7 Å². The molecule has 3 rings (SSSR count). The van der Waals surface area contributed by atoms with E-state index in [1.807, 2.05) is 0 Å². The van der Waals surface area contributed by atoms with E-state index >= 15 is 0 Å². The molecule has 0 saturated carbocycles. The van der Waals surface area contributed by atoms with Crippen molar-refractivity contribution >= 4 is 53.2 Å². The SMILES string of the molecule is CC(C)[C@H](NC(=O)[C@H](CO)NC(=O)[C@@H](N)CC(N)=O)C(=O)N[C@H]1CNC(=O)[C@H](Cc2ccccc2)NC(=O)[C@H](Cc2ccc(O)cc2)NC(=O)[C@H](CO)NC(=O)[C@H](C)NC1=O. The predicted octanol–water partition coefficient (Wildman–Crippen LogP) is -5.44. The molecule has 1 heterocycles. The van der Waals surface area contributed by atoms with Gasteiger partial charge in [0.2, 0.25) is 53.2 Å². The third-order valence-electron chi connectivity index (χ3n) is 9.43. The molecule has 0 aliphatic carbocycles. The van der Waals surface area contributed by atoms with Crippen LogP contribution in [0.2, 0.25) is 0 Å². The minimum absolute atomic E-state index is 0.0563. The van der Waals surface area contributed by atoms with Crippen LogP contribution >= 0.6 is 0 Å². The number of benzene rings is 2. The molecule has 22 nitrogen and oxygen atoms in total. The normalized spacial score (nSPS) is 21.9. The molecule has 0 unspecified atom stereocenters. The molecule has 22 heteroatoms. The standard InChI is InChI=1S/C39H54N10O12/c1-19(2)31(49-38(60)29(18-51)48-33(55)24(40)15-30(41)53)39(61)46-27-16-42-34(56)25(13-21-7-5-4-6-8-21)44-35(57)26(14-22-9-11-23(52)12-10-22)45-37(59)28(17-50)47-32(54)20(3)43-36(27)58/h4-12,19-20,24-29,31,50-52H,13-18,40H2,1-3H3,(H2,41,53)(H,42,56)(H,43,58)(H,44,57)(H,45,59)(H,46,61)(H,47,54)(H,48,55)(H,49,60)/t20-,24-,25-,26-,27-,28-,29-,31-/m0/s1. The van der Waals surface area contributed by atoms with Crippen LogP contribution in [-0.2, 0) is 56.0 Å². The first-order valence-electron chi connectivity index (χ1n) is 19.3. The number of carbonyl (C=O) groups excluding carboxylic acids is 9. The van der Waals surface area contributed by atoms with Gasteiger partial charge in [-0.2, -0.15) is 0 Å². The Morgan fingerprint density at radius 3 is 1.84 bits per heavy atom. The highest BCUT2D eigenvalue weighted by Crippen LogP contribution is 2.13. The number of rotatable bonds is 15. The number of carbonyl (C=O) groups is 9. The predicted molar refractivity (Wildman–Crippen MR) is 215 cm³/mol. The molecule has 8 atom stereocenters. The van der Waals surface area contributed by atoms with E-state index in [1.54, 1.807) is 30.3 Å². The molecule has 1 saturated heterocycles. The van der Waals surface area contributed by atoms with Crippen LogP contribution in [0.4, 0.5) is 0 Å². The van der Waals surface area contributed by atoms with E-state index < -0.39 is 134 Å². The Morgan fingerprint density at radius 2 is 1.28 bits per heavy atom. The van der Waals surface area contributed by atoms with Gasteiger partial charge in [-0.05, 0) is 36.1 Å². The molecule has 61 heavy (non-hydrogen) atoms. The van der Waals surface area contributed by atoms with Crippen LogP contribution in [-0.4, -0.2) is 137 Å². The monoisotopic (exact) mass is 854 g/mol. The summed E-state index contributed by atoms with van der Waals surface area (Å²) in [5.74, 6) is -9.24. The number of aromatic hydroxyl groups is 1. The number of aliphatic hydroxyl groups excluding tert-OH is 2. The summed E-state index contributed by atoms with van der Waals surface area (Å²) in [4.78, 5) is 119. The zero-order chi connectivity index (χ0) is 45.4. The van der Waals surface area contributed by atoms with Crippen molar-refractivity contribution in [1.82, 2.24) is 42.5 Å². The van der Waals surface area contributed by atoms with Gasteiger partial charge >= 0.3 is 0 Å². The number of nitrogens with one attached hydrogen (secondary N) is 8. The summed E-state index contributed by atoms with van der Waals surface area (Å²) in [6.07, 6.45) is -0.779. The van der Waals surface area contributed by atoms with Gasteiger partial charge in [-0.1, -0.05) is 56.3 Å². The van der Waals surface area contributed by atoms with Gasteiger partial charge in [0.15, 0.2) is 0 Å². The number of phenolic OH excluding ortho intramolecular Hbond substituents is 1. The van der Waals surface area contributed by atoms with Crippen molar-refractivity contribution in [2.75, 3.05) is 19.8 Å². The second-order valence-electron chi connectivity index (χ2n) is 14.7. The number of hydrogen-bond acceptors (Lipinski definition) is 13. The van der Waals surface area contributed by atoms with E-state index in [9.17, 15) is 58.5 Å². The zero-order valence-corrected chi connectivity index (χ0v) is 33.8. The highest BCUT2D eigenvalue weighted by atomic mass is 16.3. The second kappa shape index (κ2) is 23.2. The number of primary amides is 1. The maximum Gasteiger partial charge on any atom is 0.245 e. The van der Waals surface area contributed by atoms with Crippen LogP contribution in [0.15, 0.2) is 54.6 Å². The molecule has 9 amide bonds. The lowest BCUT2D eigenvalue weighted by atomic mass is 10.0. The molecule has 1 aliphatic rings. The number of amides is 9. The molecule has 332 valence electrons. The van der Waals surface area contributed by atoms with Gasteiger partial charge in [-0.25, -0.2) is 0 Å². The Morgan fingerprint density at radius 1 is 0.721 bits per heavy atom. The Hall–Kier alpha value is -6.65. The van der Waals surface area contributed by atoms with Gasteiger partial charge in [-0.15, -0.1) is 0 Å². The molecule has 0 radical (unpaired) electrons. The van der Waals surface area contributed by atoms with Crippen molar-refractivity contribution in [3.63, 3.8) is 0 Å². The Bertz CT molecular complexity index is 1900. The summed E-state index contributed by atoms with van der Waals surface area (Å²) < 4.78 is 0. The minimum atomic E-state index is -1.65. The van der Waals surface area contributed by atoms with E-state index in [2.05, 4.69) is 42.5 Å². The Balaban J connectivity index is 1.96. The maximum atomic E-state index is 14.0. The van der Waals surface area contributed by atoms with E-state index in [4.69, 9.17) is 11.5 Å². The highest BCUT2D eigenvalue weighted by Gasteiger charge is 2.35. The Kier molecular flexibility index (Phi) is 18.5. The van der Waals surface area contributed by atoms with Crippen molar-refractivity contribution in [2.45, 2.75) is 88.4 Å². The number of aliphatic hydroxyl groups is 2. The zero-order valence-electron chi connectivity index (χ0n) is 33.8. The van der Waals surface area contributed by atoms with Crippen LogP contribution in [0.25, 0.3) is 0 Å². The summed E-state index contributed by atoms with van der Waals surface area (Å²) in [5.41, 5.74) is 11.8. The molecule has 0 bridgehead atoms. The van der Waals surface area contributed by atoms with Crippen molar-refractivity contribution in [2.24, 2.45) is 17.4 Å². The topological polar surface area (TPSA) is 363 Å². The van der Waals surface area contributed by atoms with Crippen LogP contribution in [0.1, 0.15) is 38.3 Å². The first-order valence-corrected chi connectivity index (χ1v) is 19.3.